The monoisotopic (exact) mass is 380 g/mol. The van der Waals surface area contributed by atoms with Crippen LogP contribution in [0.25, 0.3) is 0 Å². The van der Waals surface area contributed by atoms with Crippen LogP contribution in [0.4, 0.5) is 5.82 Å². The van der Waals surface area contributed by atoms with Crippen LogP contribution in [0.5, 0.6) is 0 Å². The van der Waals surface area contributed by atoms with Crippen molar-refractivity contribution in [1.29, 1.82) is 0 Å². The van der Waals surface area contributed by atoms with Gasteiger partial charge in [-0.2, -0.15) is 0 Å². The molecule has 0 unspecified atom stereocenters. The fraction of sp³-hybridized carbons (Fsp3) is 0.190. The molecule has 0 aliphatic carbocycles. The molecular formula is C21H21ClN4O. The largest absolute Gasteiger partial charge is 0.365 e. The number of halogens is 1. The number of amides is 1. The summed E-state index contributed by atoms with van der Waals surface area (Å²) in [5, 5.41) is 14.8. The number of anilines is 1. The second-order valence-corrected chi connectivity index (χ2v) is 6.72. The highest BCUT2D eigenvalue weighted by molar-refractivity contribution is 6.30. The molecule has 1 amide bonds. The third-order valence-electron chi connectivity index (χ3n) is 4.08. The zero-order chi connectivity index (χ0) is 19.1. The maximum Gasteiger partial charge on any atom is 0.271 e. The molecule has 0 saturated carbocycles. The van der Waals surface area contributed by atoms with E-state index < -0.39 is 0 Å². The molecule has 6 heteroatoms. The summed E-state index contributed by atoms with van der Waals surface area (Å²) in [5.74, 6) is 0.390. The van der Waals surface area contributed by atoms with Crippen LogP contribution in [-0.2, 0) is 13.0 Å². The van der Waals surface area contributed by atoms with Gasteiger partial charge in [-0.1, -0.05) is 53.6 Å². The molecule has 0 aliphatic rings. The summed E-state index contributed by atoms with van der Waals surface area (Å²) in [5.41, 5.74) is 3.75. The summed E-state index contributed by atoms with van der Waals surface area (Å²) in [4.78, 5) is 12.2. The van der Waals surface area contributed by atoms with Gasteiger partial charge in [0.25, 0.3) is 5.91 Å². The van der Waals surface area contributed by atoms with Gasteiger partial charge in [0.15, 0.2) is 5.69 Å². The summed E-state index contributed by atoms with van der Waals surface area (Å²) < 4.78 is 0. The third-order valence-corrected chi connectivity index (χ3v) is 4.31. The van der Waals surface area contributed by atoms with E-state index in [2.05, 4.69) is 52.0 Å². The average molecular weight is 381 g/mol. The molecule has 138 valence electrons. The Morgan fingerprint density at radius 2 is 1.81 bits per heavy atom. The van der Waals surface area contributed by atoms with Crippen LogP contribution in [0, 0.1) is 6.92 Å². The first-order valence-corrected chi connectivity index (χ1v) is 9.14. The van der Waals surface area contributed by atoms with Crippen LogP contribution in [0.1, 0.15) is 27.2 Å². The first kappa shape index (κ1) is 18.9. The van der Waals surface area contributed by atoms with Gasteiger partial charge in [0.2, 0.25) is 0 Å². The fourth-order valence-electron chi connectivity index (χ4n) is 2.55. The number of carbonyl (C=O) groups is 1. The number of aromatic nitrogens is 2. The zero-order valence-corrected chi connectivity index (χ0v) is 15.8. The number of benzene rings is 2. The van der Waals surface area contributed by atoms with Gasteiger partial charge in [-0.15, -0.1) is 10.2 Å². The summed E-state index contributed by atoms with van der Waals surface area (Å²) >= 11 is 5.96. The Balaban J connectivity index is 1.47. The van der Waals surface area contributed by atoms with E-state index in [-0.39, 0.29) is 5.91 Å². The lowest BCUT2D eigenvalue weighted by Gasteiger charge is -2.07. The first-order chi connectivity index (χ1) is 13.1. The predicted molar refractivity (Wildman–Crippen MR) is 108 cm³/mol. The van der Waals surface area contributed by atoms with Gasteiger partial charge in [0.05, 0.1) is 0 Å². The Bertz CT molecular complexity index is 895. The molecule has 1 aromatic heterocycles. The average Bonchev–Trinajstić information content (AvgIpc) is 2.68. The van der Waals surface area contributed by atoms with Crippen molar-refractivity contribution in [2.75, 3.05) is 11.9 Å². The molecule has 0 aliphatic heterocycles. The summed E-state index contributed by atoms with van der Waals surface area (Å²) in [7, 11) is 0. The maximum absolute atomic E-state index is 12.2. The molecule has 2 N–H and O–H groups in total. The quantitative estimate of drug-likeness (QED) is 0.649. The van der Waals surface area contributed by atoms with Gasteiger partial charge in [0, 0.05) is 18.1 Å². The minimum Gasteiger partial charge on any atom is -0.365 e. The van der Waals surface area contributed by atoms with E-state index in [1.165, 1.54) is 5.56 Å². The van der Waals surface area contributed by atoms with Gasteiger partial charge in [-0.25, -0.2) is 0 Å². The van der Waals surface area contributed by atoms with Crippen LogP contribution in [-0.4, -0.2) is 22.6 Å². The minimum absolute atomic E-state index is 0.241. The van der Waals surface area contributed by atoms with E-state index in [9.17, 15) is 4.79 Å². The van der Waals surface area contributed by atoms with Crippen LogP contribution < -0.4 is 10.6 Å². The van der Waals surface area contributed by atoms with E-state index in [0.717, 1.165) is 11.1 Å². The number of nitrogens with zero attached hydrogens (tertiary/aromatic N) is 2. The number of aryl methyl sites for hydroxylation is 1. The van der Waals surface area contributed by atoms with Crippen LogP contribution in [0.3, 0.4) is 0 Å². The lowest BCUT2D eigenvalue weighted by Crippen LogP contribution is -2.26. The molecule has 0 atom stereocenters. The van der Waals surface area contributed by atoms with Gasteiger partial charge in [-0.05, 0) is 48.7 Å². The number of hydrogen-bond donors (Lipinski definition) is 2. The molecule has 3 rings (SSSR count). The summed E-state index contributed by atoms with van der Waals surface area (Å²) in [6.45, 7) is 3.22. The number of nitrogens with one attached hydrogen (secondary N) is 2. The molecule has 0 radical (unpaired) electrons. The highest BCUT2D eigenvalue weighted by Crippen LogP contribution is 2.11. The number of carbonyl (C=O) groups excluding carboxylic acids is 1. The lowest BCUT2D eigenvalue weighted by molar-refractivity contribution is 0.0948. The van der Waals surface area contributed by atoms with Crippen LogP contribution >= 0.6 is 11.6 Å². The van der Waals surface area contributed by atoms with Crippen molar-refractivity contribution in [2.45, 2.75) is 19.9 Å². The number of rotatable bonds is 7. The highest BCUT2D eigenvalue weighted by atomic mass is 35.5. The molecule has 5 nitrogen and oxygen atoms in total. The Kier molecular flexibility index (Phi) is 6.39. The van der Waals surface area contributed by atoms with Crippen molar-refractivity contribution < 1.29 is 4.79 Å². The molecule has 1 heterocycles. The number of hydrogen-bond acceptors (Lipinski definition) is 4. The predicted octanol–water partition coefficient (Wildman–Crippen LogP) is 4.02. The smallest absolute Gasteiger partial charge is 0.271 e. The minimum atomic E-state index is -0.241. The molecule has 0 spiro atoms. The van der Waals surface area contributed by atoms with Gasteiger partial charge in [0.1, 0.15) is 5.82 Å². The van der Waals surface area contributed by atoms with Gasteiger partial charge in [-0.3, -0.25) is 4.79 Å². The zero-order valence-electron chi connectivity index (χ0n) is 15.1. The second-order valence-electron chi connectivity index (χ2n) is 6.28. The molecule has 3 aromatic rings. The van der Waals surface area contributed by atoms with Crippen LogP contribution in [0.15, 0.2) is 60.7 Å². The molecule has 27 heavy (non-hydrogen) atoms. The normalized spacial score (nSPS) is 10.4. The highest BCUT2D eigenvalue weighted by Gasteiger charge is 2.08. The summed E-state index contributed by atoms with van der Waals surface area (Å²) in [6, 6.07) is 19.3. The van der Waals surface area contributed by atoms with Crippen molar-refractivity contribution in [1.82, 2.24) is 15.5 Å². The Morgan fingerprint density at radius 3 is 2.52 bits per heavy atom. The van der Waals surface area contributed by atoms with Crippen molar-refractivity contribution in [3.8, 4) is 0 Å². The Morgan fingerprint density at radius 1 is 1.00 bits per heavy atom. The molecule has 0 fully saturated rings. The topological polar surface area (TPSA) is 66.9 Å². The lowest BCUT2D eigenvalue weighted by atomic mass is 10.1. The SMILES string of the molecule is Cc1ccc(CNc2ccc(C(=O)NCCc3cccc(Cl)c3)nn2)cc1. The second kappa shape index (κ2) is 9.14. The van der Waals surface area contributed by atoms with E-state index in [1.807, 2.05) is 24.3 Å². The summed E-state index contributed by atoms with van der Waals surface area (Å²) in [6.07, 6.45) is 0.704. The van der Waals surface area contributed by atoms with E-state index in [4.69, 9.17) is 11.6 Å². The van der Waals surface area contributed by atoms with Crippen molar-refractivity contribution >= 4 is 23.3 Å². The molecule has 2 aromatic carbocycles. The van der Waals surface area contributed by atoms with Crippen LogP contribution in [0.2, 0.25) is 5.02 Å². The standard InChI is InChI=1S/C21H21ClN4O/c1-15-5-7-17(8-6-15)14-24-20-10-9-19(25-26-20)21(27)23-12-11-16-3-2-4-18(22)13-16/h2-10,13H,11-12,14H2,1H3,(H,23,27)(H,24,26). The molecule has 0 bridgehead atoms. The Hall–Kier alpha value is -2.92. The Labute approximate surface area is 163 Å². The fourth-order valence-corrected chi connectivity index (χ4v) is 2.76. The first-order valence-electron chi connectivity index (χ1n) is 8.76. The molecular weight excluding hydrogens is 360 g/mol. The third kappa shape index (κ3) is 5.79. The van der Waals surface area contributed by atoms with Crippen molar-refractivity contribution in [3.63, 3.8) is 0 Å². The molecule has 0 saturated heterocycles. The maximum atomic E-state index is 12.2. The van der Waals surface area contributed by atoms with E-state index >= 15 is 0 Å². The van der Waals surface area contributed by atoms with Crippen molar-refractivity contribution in [3.05, 3.63) is 88.1 Å². The van der Waals surface area contributed by atoms with Gasteiger partial charge < -0.3 is 10.6 Å². The van der Waals surface area contributed by atoms with Crippen molar-refractivity contribution in [2.24, 2.45) is 0 Å². The van der Waals surface area contributed by atoms with E-state index in [1.54, 1.807) is 12.1 Å². The van der Waals surface area contributed by atoms with E-state index in [0.29, 0.717) is 36.0 Å². The van der Waals surface area contributed by atoms with Gasteiger partial charge >= 0.3 is 0 Å².